The van der Waals surface area contributed by atoms with E-state index in [0.29, 0.717) is 47.0 Å². The summed E-state index contributed by atoms with van der Waals surface area (Å²) >= 11 is 0. The van der Waals surface area contributed by atoms with Crippen LogP contribution in [0.15, 0.2) is 76.6 Å². The number of aliphatic imine (C=N–C) groups is 1. The molecule has 8 heterocycles. The smallest absolute Gasteiger partial charge is 0.317 e. The molecule has 0 radical (unpaired) electrons. The molecule has 0 aliphatic carbocycles. The number of hydrogen-bond donors (Lipinski definition) is 9. The zero-order valence-electron chi connectivity index (χ0n) is 35.7. The summed E-state index contributed by atoms with van der Waals surface area (Å²) < 4.78 is 44.3. The molecule has 0 saturated carbocycles. The SMILES string of the molecule is NC(N)C(OC(=O)CC(=O)O)C1OC2Oc3cc4c(c(C[NH+]5CC6=CC=NC6=C5CO)c3C#CCC1(O)C(O)C2O)C1Oc2c3ccc(OCO)c2OCCC#CC(c2ccccc2)C(O4)C31. The van der Waals surface area contributed by atoms with E-state index < -0.39 is 98.1 Å². The normalized spacial score (nSPS) is 29.7. The maximum atomic E-state index is 12.7. The van der Waals surface area contributed by atoms with Gasteiger partial charge in [0.15, 0.2) is 30.1 Å². The van der Waals surface area contributed by atoms with Crippen molar-refractivity contribution in [3.05, 3.63) is 99.4 Å². The highest BCUT2D eigenvalue weighted by atomic mass is 16.7. The van der Waals surface area contributed by atoms with Crippen molar-refractivity contribution in [2.75, 3.05) is 26.6 Å². The Bertz CT molecular complexity index is 2740. The summed E-state index contributed by atoms with van der Waals surface area (Å²) in [4.78, 5) is 29.4. The van der Waals surface area contributed by atoms with Crippen LogP contribution in [0, 0.1) is 23.7 Å². The first-order chi connectivity index (χ1) is 32.4. The number of nitrogens with two attached hydrogens (primary N) is 2. The third-order valence-electron chi connectivity index (χ3n) is 13.2. The van der Waals surface area contributed by atoms with Crippen LogP contribution in [0.25, 0.3) is 0 Å². The molecule has 6 bridgehead atoms. The van der Waals surface area contributed by atoms with Gasteiger partial charge in [0.25, 0.3) is 0 Å². The van der Waals surface area contributed by atoms with Gasteiger partial charge in [-0.05, 0) is 17.7 Å². The number of nitrogens with zero attached hydrogens (tertiary/aromatic N) is 1. The molecule has 1 saturated heterocycles. The minimum absolute atomic E-state index is 0.0214. The Hall–Kier alpha value is -6.49. The van der Waals surface area contributed by atoms with E-state index in [1.54, 1.807) is 18.3 Å². The molecule has 8 aliphatic heterocycles. The van der Waals surface area contributed by atoms with Gasteiger partial charge in [0.2, 0.25) is 12.0 Å². The zero-order valence-corrected chi connectivity index (χ0v) is 35.7. The van der Waals surface area contributed by atoms with Gasteiger partial charge >= 0.3 is 11.9 Å². The van der Waals surface area contributed by atoms with Crippen LogP contribution in [0.1, 0.15) is 65.0 Å². The second-order valence-corrected chi connectivity index (χ2v) is 17.1. The number of carboxylic acids is 1. The van der Waals surface area contributed by atoms with Crippen molar-refractivity contribution >= 4 is 18.2 Å². The predicted octanol–water partition coefficient (Wildman–Crippen LogP) is -0.882. The van der Waals surface area contributed by atoms with Crippen LogP contribution in [0.5, 0.6) is 28.7 Å². The van der Waals surface area contributed by atoms with Crippen molar-refractivity contribution < 1.29 is 78.3 Å². The van der Waals surface area contributed by atoms with E-state index in [1.165, 1.54) is 0 Å². The number of fused-ring (bicyclic) bond motifs is 6. The van der Waals surface area contributed by atoms with E-state index in [9.17, 15) is 40.2 Å². The van der Waals surface area contributed by atoms with E-state index in [-0.39, 0.29) is 42.6 Å². The second kappa shape index (κ2) is 17.6. The van der Waals surface area contributed by atoms with Gasteiger partial charge in [0.1, 0.15) is 79.4 Å². The van der Waals surface area contributed by atoms with Crippen molar-refractivity contribution in [2.45, 2.75) is 92.3 Å². The van der Waals surface area contributed by atoms with Gasteiger partial charge in [0.05, 0.1) is 30.2 Å². The Morgan fingerprint density at radius 1 is 1.03 bits per heavy atom. The molecule has 0 amide bonds. The van der Waals surface area contributed by atoms with Crippen LogP contribution in [-0.2, 0) is 25.6 Å². The number of quaternary nitrogens is 1. The summed E-state index contributed by atoms with van der Waals surface area (Å²) in [5.41, 5.74) is 14.8. The number of rotatable bonds is 11. The molecule has 0 aromatic heterocycles. The number of allylic oxidation sites excluding steroid dienone is 1. The summed E-state index contributed by atoms with van der Waals surface area (Å²) in [6.07, 6.45) is -10.2. The lowest BCUT2D eigenvalue weighted by atomic mass is 9.75. The van der Waals surface area contributed by atoms with Gasteiger partial charge in [-0.2, -0.15) is 0 Å². The average Bonchev–Trinajstić information content (AvgIpc) is 4.01. The highest BCUT2D eigenvalue weighted by molar-refractivity contribution is 5.90. The monoisotopic (exact) mass is 919 g/mol. The number of aliphatic hydroxyl groups is 5. The standard InChI is InChI=1S/C48H46N4O15/c49-46(50)43(65-34(57)18-33(55)56)45-48(60)14-6-10-26-28(20-52-19-24-13-15-51-37(24)29(52)21-53)35-32(17-31(26)64-47(67-45)38(58)44(48)59)63-39-25(23-7-2-1-3-8-23)9-4-5-16-61-41-30(62-22-54)12-11-27-36(39)42(35)66-40(27)41/h1-3,7-8,11-13,15,17,25,36,38-39,42-47,53-54,58-60H,5,14,16,18-22,49-50H2,(H,55,56)/p+1. The van der Waals surface area contributed by atoms with Gasteiger partial charge in [-0.15, -0.1) is 0 Å². The van der Waals surface area contributed by atoms with E-state index >= 15 is 0 Å². The number of aliphatic carboxylic acids is 1. The Morgan fingerprint density at radius 2 is 1.85 bits per heavy atom. The molecular formula is C48H47N4O15+. The molecule has 11 N–H and O–H groups in total. The van der Waals surface area contributed by atoms with Crippen molar-refractivity contribution in [1.82, 2.24) is 0 Å². The minimum atomic E-state index is -2.51. The van der Waals surface area contributed by atoms with E-state index in [1.807, 2.05) is 42.5 Å². The maximum Gasteiger partial charge on any atom is 0.317 e. The summed E-state index contributed by atoms with van der Waals surface area (Å²) in [5.74, 6) is 10.3. The predicted molar refractivity (Wildman–Crippen MR) is 230 cm³/mol. The third kappa shape index (κ3) is 7.64. The van der Waals surface area contributed by atoms with E-state index in [4.69, 9.17) is 44.6 Å². The largest absolute Gasteiger partial charge is 0.487 e. The number of ether oxygens (including phenoxy) is 7. The van der Waals surface area contributed by atoms with E-state index in [2.05, 4.69) is 28.7 Å². The number of carbonyl (C=O) groups is 2. The number of carboxylic acid groups (broad SMARTS) is 1. The van der Waals surface area contributed by atoms with Crippen LogP contribution in [0.3, 0.4) is 0 Å². The fourth-order valence-electron chi connectivity index (χ4n) is 10.2. The summed E-state index contributed by atoms with van der Waals surface area (Å²) in [7, 11) is 0. The molecule has 348 valence electrons. The van der Waals surface area contributed by atoms with Crippen LogP contribution in [0.2, 0.25) is 0 Å². The molecule has 3 aromatic rings. The number of esters is 1. The van der Waals surface area contributed by atoms with Crippen LogP contribution in [-0.4, -0.2) is 124 Å². The van der Waals surface area contributed by atoms with Gasteiger partial charge in [0, 0.05) is 47.4 Å². The van der Waals surface area contributed by atoms with Crippen LogP contribution < -0.4 is 40.1 Å². The quantitative estimate of drug-likeness (QED) is 0.0489. The molecule has 19 nitrogen and oxygen atoms in total. The molecule has 11 atom stereocenters. The van der Waals surface area contributed by atoms with Gasteiger partial charge in [-0.3, -0.25) is 19.5 Å². The number of aliphatic hydroxyl groups excluding tert-OH is 4. The number of benzene rings is 3. The minimum Gasteiger partial charge on any atom is -0.487 e. The highest BCUT2D eigenvalue weighted by Crippen LogP contribution is 2.61. The van der Waals surface area contributed by atoms with Crippen molar-refractivity contribution in [3.63, 3.8) is 0 Å². The Morgan fingerprint density at radius 3 is 2.61 bits per heavy atom. The number of hydrogen-bond acceptors (Lipinski definition) is 17. The zero-order chi connectivity index (χ0) is 46.7. The Balaban J connectivity index is 1.17. The first kappa shape index (κ1) is 44.4. The molecule has 19 heteroatoms. The lowest BCUT2D eigenvalue weighted by Gasteiger charge is -2.50. The second-order valence-electron chi connectivity index (χ2n) is 17.1. The molecule has 0 spiro atoms. The molecule has 3 aromatic carbocycles. The molecule has 1 fully saturated rings. The van der Waals surface area contributed by atoms with Crippen LogP contribution >= 0.6 is 0 Å². The molecule has 67 heavy (non-hydrogen) atoms. The fourth-order valence-corrected chi connectivity index (χ4v) is 10.2. The first-order valence-corrected chi connectivity index (χ1v) is 21.7. The Labute approximate surface area is 382 Å². The lowest BCUT2D eigenvalue weighted by molar-refractivity contribution is -0.867. The van der Waals surface area contributed by atoms with Gasteiger partial charge in [-0.1, -0.05) is 60.1 Å². The molecular weight excluding hydrogens is 873 g/mol. The molecule has 11 rings (SSSR count). The third-order valence-corrected chi connectivity index (χ3v) is 13.2. The van der Waals surface area contributed by atoms with Crippen molar-refractivity contribution in [2.24, 2.45) is 16.5 Å². The highest BCUT2D eigenvalue weighted by Gasteiger charge is 2.60. The topological polar surface area (TPSA) is 289 Å². The first-order valence-electron chi connectivity index (χ1n) is 21.7. The summed E-state index contributed by atoms with van der Waals surface area (Å²) in [5, 5.41) is 65.4. The summed E-state index contributed by atoms with van der Waals surface area (Å²) in [6.45, 7) is -0.141. The van der Waals surface area contributed by atoms with Crippen molar-refractivity contribution in [3.8, 4) is 52.4 Å². The lowest BCUT2D eigenvalue weighted by Crippen LogP contribution is -3.08. The number of carbonyl (C=O) groups excluding carboxylic acids is 1. The van der Waals surface area contributed by atoms with Gasteiger partial charge in [-0.25, -0.2) is 0 Å². The Kier molecular flexibility index (Phi) is 11.7. The number of nitrogens with one attached hydrogen (secondary N) is 1. The fraction of sp³-hybridized carbons (Fsp3) is 0.396. The van der Waals surface area contributed by atoms with Crippen LogP contribution in [0.4, 0.5) is 0 Å². The average molecular weight is 920 g/mol. The van der Waals surface area contributed by atoms with E-state index in [0.717, 1.165) is 21.6 Å². The van der Waals surface area contributed by atoms with Crippen molar-refractivity contribution in [1.29, 1.82) is 0 Å². The molecule has 11 unspecified atom stereocenters. The molecule has 8 aliphatic rings. The maximum absolute atomic E-state index is 12.7. The van der Waals surface area contributed by atoms with Gasteiger partial charge < -0.3 is 75.3 Å². The summed E-state index contributed by atoms with van der Waals surface area (Å²) in [6, 6.07) is 14.9.